The van der Waals surface area contributed by atoms with Crippen molar-refractivity contribution >= 4 is 22.2 Å². The fraction of sp³-hybridized carbons (Fsp3) is 0.0909. The maximum atomic E-state index is 10.5. The number of methoxy groups -OCH3 is 1. The number of carbonyl (C=O) groups excluding carboxylic acids is 1. The fourth-order valence-electron chi connectivity index (χ4n) is 1.39. The molecule has 1 N–H and O–H groups in total. The molecule has 0 saturated carbocycles. The highest BCUT2D eigenvalue weighted by Crippen LogP contribution is 2.30. The highest BCUT2D eigenvalue weighted by molar-refractivity contribution is 9.10. The van der Waals surface area contributed by atoms with Gasteiger partial charge in [0.15, 0.2) is 6.29 Å². The highest BCUT2D eigenvalue weighted by Gasteiger charge is 2.09. The van der Waals surface area contributed by atoms with Gasteiger partial charge in [-0.25, -0.2) is 4.98 Å². The van der Waals surface area contributed by atoms with E-state index in [4.69, 9.17) is 4.74 Å². The maximum absolute atomic E-state index is 10.5. The molecule has 82 valence electrons. The number of rotatable bonds is 3. The zero-order valence-corrected chi connectivity index (χ0v) is 10.1. The molecule has 0 radical (unpaired) electrons. The second kappa shape index (κ2) is 4.49. The zero-order chi connectivity index (χ0) is 11.5. The Balaban J connectivity index is 2.50. The Kier molecular flexibility index (Phi) is 3.05. The van der Waals surface area contributed by atoms with E-state index in [1.54, 1.807) is 7.11 Å². The third-order valence-electron chi connectivity index (χ3n) is 2.14. The molecule has 0 aliphatic carbocycles. The number of carbonyl (C=O) groups is 1. The molecule has 16 heavy (non-hydrogen) atoms. The minimum absolute atomic E-state index is 0.444. The average molecular weight is 281 g/mol. The van der Waals surface area contributed by atoms with Gasteiger partial charge in [0.2, 0.25) is 0 Å². The summed E-state index contributed by atoms with van der Waals surface area (Å²) in [6.45, 7) is 0. The Morgan fingerprint density at radius 2 is 2.31 bits per heavy atom. The van der Waals surface area contributed by atoms with E-state index in [1.165, 1.54) is 6.20 Å². The Bertz CT molecular complexity index is 522. The summed E-state index contributed by atoms with van der Waals surface area (Å²) >= 11 is 3.36. The van der Waals surface area contributed by atoms with Gasteiger partial charge in [-0.05, 0) is 18.2 Å². The monoisotopic (exact) mass is 280 g/mol. The van der Waals surface area contributed by atoms with Crippen LogP contribution in [-0.2, 0) is 0 Å². The molecule has 1 aromatic carbocycles. The largest absolute Gasteiger partial charge is 0.496 e. The predicted molar refractivity (Wildman–Crippen MR) is 63.7 cm³/mol. The lowest BCUT2D eigenvalue weighted by Crippen LogP contribution is -1.89. The Morgan fingerprint density at radius 1 is 1.50 bits per heavy atom. The molecule has 0 fully saturated rings. The van der Waals surface area contributed by atoms with Crippen molar-refractivity contribution < 1.29 is 9.53 Å². The van der Waals surface area contributed by atoms with Crippen molar-refractivity contribution in [3.63, 3.8) is 0 Å². The summed E-state index contributed by atoms with van der Waals surface area (Å²) in [5.41, 5.74) is 1.26. The third-order valence-corrected chi connectivity index (χ3v) is 2.63. The number of halogens is 1. The fourth-order valence-corrected chi connectivity index (χ4v) is 1.73. The van der Waals surface area contributed by atoms with Crippen LogP contribution in [0.15, 0.2) is 28.9 Å². The first-order valence-corrected chi connectivity index (χ1v) is 5.38. The van der Waals surface area contributed by atoms with E-state index in [0.29, 0.717) is 17.3 Å². The van der Waals surface area contributed by atoms with Gasteiger partial charge in [-0.3, -0.25) is 4.79 Å². The van der Waals surface area contributed by atoms with Crippen LogP contribution in [0.25, 0.3) is 11.4 Å². The molecular weight excluding hydrogens is 272 g/mol. The number of ether oxygens (including phenoxy) is 1. The number of imidazole rings is 1. The molecule has 4 nitrogen and oxygen atoms in total. The van der Waals surface area contributed by atoms with E-state index in [-0.39, 0.29) is 0 Å². The van der Waals surface area contributed by atoms with Crippen molar-refractivity contribution in [2.24, 2.45) is 0 Å². The van der Waals surface area contributed by atoms with Gasteiger partial charge in [-0.15, -0.1) is 0 Å². The van der Waals surface area contributed by atoms with Crippen LogP contribution in [0.5, 0.6) is 5.75 Å². The first-order valence-electron chi connectivity index (χ1n) is 4.58. The number of aldehydes is 1. The summed E-state index contributed by atoms with van der Waals surface area (Å²) < 4.78 is 6.17. The predicted octanol–water partition coefficient (Wildman–Crippen LogP) is 2.66. The Labute approximate surface area is 101 Å². The average Bonchev–Trinajstić information content (AvgIpc) is 2.77. The molecule has 0 bridgehead atoms. The summed E-state index contributed by atoms with van der Waals surface area (Å²) in [7, 11) is 1.59. The molecule has 0 saturated heterocycles. The van der Waals surface area contributed by atoms with Crippen LogP contribution >= 0.6 is 15.9 Å². The zero-order valence-electron chi connectivity index (χ0n) is 8.53. The number of H-pyrrole nitrogens is 1. The van der Waals surface area contributed by atoms with Crippen molar-refractivity contribution in [2.45, 2.75) is 0 Å². The number of aromatic amines is 1. The van der Waals surface area contributed by atoms with Crippen molar-refractivity contribution in [1.29, 1.82) is 0 Å². The van der Waals surface area contributed by atoms with Gasteiger partial charge >= 0.3 is 0 Å². The minimum atomic E-state index is 0.444. The van der Waals surface area contributed by atoms with Gasteiger partial charge in [0.05, 0.1) is 24.6 Å². The molecule has 0 atom stereocenters. The van der Waals surface area contributed by atoms with Gasteiger partial charge in [0.25, 0.3) is 0 Å². The third kappa shape index (κ3) is 1.99. The van der Waals surface area contributed by atoms with E-state index in [0.717, 1.165) is 16.3 Å². The molecule has 1 aromatic heterocycles. The van der Waals surface area contributed by atoms with E-state index >= 15 is 0 Å². The molecule has 0 aliphatic heterocycles. The lowest BCUT2D eigenvalue weighted by molar-refractivity contribution is 0.111. The second-order valence-corrected chi connectivity index (χ2v) is 4.07. The number of hydrogen-bond acceptors (Lipinski definition) is 3. The lowest BCUT2D eigenvalue weighted by Gasteiger charge is -2.06. The molecule has 5 heteroatoms. The second-order valence-electron chi connectivity index (χ2n) is 3.15. The lowest BCUT2D eigenvalue weighted by atomic mass is 10.2. The quantitative estimate of drug-likeness (QED) is 0.880. The maximum Gasteiger partial charge on any atom is 0.167 e. The summed E-state index contributed by atoms with van der Waals surface area (Å²) in [6.07, 6.45) is 2.21. The van der Waals surface area contributed by atoms with Crippen LogP contribution in [0.3, 0.4) is 0 Å². The summed E-state index contributed by atoms with van der Waals surface area (Å²) in [5.74, 6) is 1.31. The minimum Gasteiger partial charge on any atom is -0.496 e. The standard InChI is InChI=1S/C11H9BrN2O2/c1-16-10-4-7(12)2-3-9(10)11-13-5-8(6-15)14-11/h2-6H,1H3,(H,13,14). The molecule has 0 amide bonds. The van der Waals surface area contributed by atoms with Gasteiger partial charge in [-0.1, -0.05) is 15.9 Å². The van der Waals surface area contributed by atoms with Crippen LogP contribution in [0.1, 0.15) is 10.5 Å². The molecule has 0 spiro atoms. The topological polar surface area (TPSA) is 55.0 Å². The normalized spacial score (nSPS) is 10.1. The van der Waals surface area contributed by atoms with Gasteiger partial charge in [-0.2, -0.15) is 0 Å². The summed E-state index contributed by atoms with van der Waals surface area (Å²) in [5, 5.41) is 0. The molecule has 2 rings (SSSR count). The summed E-state index contributed by atoms with van der Waals surface area (Å²) in [6, 6.07) is 5.61. The number of nitrogens with one attached hydrogen (secondary N) is 1. The highest BCUT2D eigenvalue weighted by atomic mass is 79.9. The number of nitrogens with zero attached hydrogens (tertiary/aromatic N) is 1. The van der Waals surface area contributed by atoms with Gasteiger partial charge < -0.3 is 9.72 Å². The van der Waals surface area contributed by atoms with Gasteiger partial charge in [0.1, 0.15) is 11.6 Å². The van der Waals surface area contributed by atoms with E-state index in [9.17, 15) is 4.79 Å². The van der Waals surface area contributed by atoms with E-state index in [2.05, 4.69) is 25.9 Å². The van der Waals surface area contributed by atoms with Crippen LogP contribution in [0.2, 0.25) is 0 Å². The SMILES string of the molecule is COc1cc(Br)ccc1-c1ncc(C=O)[nH]1. The van der Waals surface area contributed by atoms with E-state index in [1.807, 2.05) is 18.2 Å². The summed E-state index contributed by atoms with van der Waals surface area (Å²) in [4.78, 5) is 17.6. The Morgan fingerprint density at radius 3 is 2.94 bits per heavy atom. The first-order chi connectivity index (χ1) is 7.74. The van der Waals surface area contributed by atoms with Crippen molar-refractivity contribution in [1.82, 2.24) is 9.97 Å². The van der Waals surface area contributed by atoms with Gasteiger partial charge in [0, 0.05) is 4.47 Å². The van der Waals surface area contributed by atoms with Crippen molar-refractivity contribution in [3.8, 4) is 17.1 Å². The molecular formula is C11H9BrN2O2. The number of aromatic nitrogens is 2. The number of hydrogen-bond donors (Lipinski definition) is 1. The van der Waals surface area contributed by atoms with E-state index < -0.39 is 0 Å². The van der Waals surface area contributed by atoms with Crippen LogP contribution < -0.4 is 4.74 Å². The molecule has 1 heterocycles. The first kappa shape index (κ1) is 10.9. The van der Waals surface area contributed by atoms with Crippen LogP contribution in [0, 0.1) is 0 Å². The molecule has 0 unspecified atom stereocenters. The number of benzene rings is 1. The van der Waals surface area contributed by atoms with Crippen LogP contribution in [0.4, 0.5) is 0 Å². The van der Waals surface area contributed by atoms with Crippen molar-refractivity contribution in [3.05, 3.63) is 34.6 Å². The smallest absolute Gasteiger partial charge is 0.167 e. The van der Waals surface area contributed by atoms with Crippen molar-refractivity contribution in [2.75, 3.05) is 7.11 Å². The Hall–Kier alpha value is -1.62. The molecule has 2 aromatic rings. The molecule has 0 aliphatic rings. The van der Waals surface area contributed by atoms with Crippen LogP contribution in [-0.4, -0.2) is 23.4 Å².